The molecule has 0 aliphatic carbocycles. The Morgan fingerprint density at radius 3 is 2.67 bits per heavy atom. The van der Waals surface area contributed by atoms with Crippen molar-refractivity contribution < 1.29 is 9.59 Å². The zero-order valence-electron chi connectivity index (χ0n) is 16.3. The quantitative estimate of drug-likeness (QED) is 0.411. The van der Waals surface area contributed by atoms with Gasteiger partial charge in [0.1, 0.15) is 5.37 Å². The fourth-order valence-corrected chi connectivity index (χ4v) is 5.92. The third kappa shape index (κ3) is 4.85. The lowest BCUT2D eigenvalue weighted by atomic mass is 10.1. The molecule has 1 aliphatic rings. The topological polar surface area (TPSA) is 75.2 Å². The maximum absolute atomic E-state index is 12.5. The molecular formula is C21H20N4O2S3. The zero-order valence-corrected chi connectivity index (χ0v) is 18.7. The summed E-state index contributed by atoms with van der Waals surface area (Å²) in [6.45, 7) is 2.62. The van der Waals surface area contributed by atoms with Crippen molar-refractivity contribution in [1.82, 2.24) is 15.1 Å². The highest BCUT2D eigenvalue weighted by atomic mass is 32.2. The van der Waals surface area contributed by atoms with Gasteiger partial charge < -0.3 is 4.90 Å². The number of benzene rings is 2. The maximum atomic E-state index is 12.5. The third-order valence-corrected chi connectivity index (χ3v) is 7.63. The number of thioether (sulfide) groups is 2. The fraction of sp³-hybridized carbons (Fsp3) is 0.238. The average Bonchev–Trinajstić information content (AvgIpc) is 3.36. The Labute approximate surface area is 187 Å². The van der Waals surface area contributed by atoms with E-state index in [2.05, 4.69) is 15.5 Å². The van der Waals surface area contributed by atoms with Gasteiger partial charge in [0.25, 0.3) is 5.91 Å². The summed E-state index contributed by atoms with van der Waals surface area (Å²) in [7, 11) is 0. The minimum absolute atomic E-state index is 0.0494. The van der Waals surface area contributed by atoms with Crippen LogP contribution in [0.4, 0.5) is 5.13 Å². The predicted molar refractivity (Wildman–Crippen MR) is 123 cm³/mol. The highest BCUT2D eigenvalue weighted by Crippen LogP contribution is 2.39. The minimum Gasteiger partial charge on any atom is -0.322 e. The lowest BCUT2D eigenvalue weighted by molar-refractivity contribution is -0.128. The Hall–Kier alpha value is -2.36. The molecule has 3 aromatic rings. The van der Waals surface area contributed by atoms with Gasteiger partial charge in [0, 0.05) is 12.1 Å². The number of nitrogens with one attached hydrogen (secondary N) is 1. The number of amides is 2. The van der Waals surface area contributed by atoms with E-state index in [0.29, 0.717) is 23.0 Å². The predicted octanol–water partition coefficient (Wildman–Crippen LogP) is 4.68. The monoisotopic (exact) mass is 456 g/mol. The van der Waals surface area contributed by atoms with E-state index in [1.807, 2.05) is 54.3 Å². The van der Waals surface area contributed by atoms with Crippen LogP contribution in [0.1, 0.15) is 33.8 Å². The highest BCUT2D eigenvalue weighted by Gasteiger charge is 2.32. The van der Waals surface area contributed by atoms with Gasteiger partial charge in [0.2, 0.25) is 11.0 Å². The van der Waals surface area contributed by atoms with Crippen molar-refractivity contribution >= 4 is 51.8 Å². The van der Waals surface area contributed by atoms with Gasteiger partial charge in [0.15, 0.2) is 4.34 Å². The van der Waals surface area contributed by atoms with Crippen LogP contribution in [0.2, 0.25) is 0 Å². The van der Waals surface area contributed by atoms with Crippen LogP contribution in [0.5, 0.6) is 0 Å². The van der Waals surface area contributed by atoms with Gasteiger partial charge in [0.05, 0.1) is 5.75 Å². The molecule has 2 aromatic carbocycles. The smallest absolute Gasteiger partial charge is 0.257 e. The molecule has 1 atom stereocenters. The van der Waals surface area contributed by atoms with Crippen LogP contribution >= 0.6 is 34.9 Å². The van der Waals surface area contributed by atoms with E-state index in [-0.39, 0.29) is 17.2 Å². The van der Waals surface area contributed by atoms with E-state index in [0.717, 1.165) is 21.2 Å². The number of carbonyl (C=O) groups is 2. The Bertz CT molecular complexity index is 1020. The zero-order chi connectivity index (χ0) is 20.9. The normalized spacial score (nSPS) is 16.1. The van der Waals surface area contributed by atoms with Crippen LogP contribution in [0.3, 0.4) is 0 Å². The molecule has 1 aromatic heterocycles. The van der Waals surface area contributed by atoms with E-state index in [1.165, 1.54) is 11.3 Å². The molecule has 2 amide bonds. The van der Waals surface area contributed by atoms with Gasteiger partial charge >= 0.3 is 0 Å². The summed E-state index contributed by atoms with van der Waals surface area (Å²) >= 11 is 4.57. The fourth-order valence-electron chi connectivity index (χ4n) is 3.09. The molecule has 9 heteroatoms. The number of anilines is 1. The summed E-state index contributed by atoms with van der Waals surface area (Å²) in [6, 6.07) is 17.4. The van der Waals surface area contributed by atoms with Crippen molar-refractivity contribution in [2.75, 3.05) is 16.8 Å². The number of hydrogen-bond acceptors (Lipinski definition) is 7. The second-order valence-electron chi connectivity index (χ2n) is 6.55. The lowest BCUT2D eigenvalue weighted by Gasteiger charge is -2.24. The summed E-state index contributed by atoms with van der Waals surface area (Å²) in [5.41, 5.74) is 2.66. The summed E-state index contributed by atoms with van der Waals surface area (Å²) in [4.78, 5) is 26.8. The van der Waals surface area contributed by atoms with E-state index < -0.39 is 0 Å². The molecule has 2 heterocycles. The molecule has 0 unspecified atom stereocenters. The summed E-state index contributed by atoms with van der Waals surface area (Å²) in [5.74, 6) is 1.29. The Balaban J connectivity index is 1.44. The molecule has 0 spiro atoms. The molecular weight excluding hydrogens is 436 g/mol. The van der Waals surface area contributed by atoms with Crippen molar-refractivity contribution in [3.63, 3.8) is 0 Å². The molecule has 1 fully saturated rings. The molecule has 154 valence electrons. The third-order valence-electron chi connectivity index (χ3n) is 4.52. The number of aromatic nitrogens is 2. The van der Waals surface area contributed by atoms with Crippen molar-refractivity contribution in [2.45, 2.75) is 23.2 Å². The second kappa shape index (κ2) is 9.63. The largest absolute Gasteiger partial charge is 0.322 e. The van der Waals surface area contributed by atoms with Crippen LogP contribution in [-0.2, 0) is 11.3 Å². The van der Waals surface area contributed by atoms with Crippen LogP contribution in [0, 0.1) is 0 Å². The van der Waals surface area contributed by atoms with Gasteiger partial charge in [-0.25, -0.2) is 0 Å². The SMILES string of the molecule is CCSc1nnc(NC(=O)c2ccc([C@@H]3SCC(=O)N3Cc3ccccc3)cc2)s1. The van der Waals surface area contributed by atoms with Crippen LogP contribution in [-0.4, -0.2) is 38.4 Å². The summed E-state index contributed by atoms with van der Waals surface area (Å²) in [5, 5.41) is 11.3. The molecule has 30 heavy (non-hydrogen) atoms. The van der Waals surface area contributed by atoms with Crippen molar-refractivity contribution in [3.8, 4) is 0 Å². The van der Waals surface area contributed by atoms with E-state index in [1.54, 1.807) is 35.7 Å². The van der Waals surface area contributed by atoms with Crippen LogP contribution in [0.25, 0.3) is 0 Å². The number of nitrogens with zero attached hydrogens (tertiary/aromatic N) is 3. The molecule has 4 rings (SSSR count). The first-order valence-corrected chi connectivity index (χ1v) is 12.3. The molecule has 0 radical (unpaired) electrons. The maximum Gasteiger partial charge on any atom is 0.257 e. The van der Waals surface area contributed by atoms with E-state index in [9.17, 15) is 9.59 Å². The molecule has 6 nitrogen and oxygen atoms in total. The standard InChI is InChI=1S/C21H20N4O2S3/c1-2-28-21-24-23-20(30-21)22-18(27)15-8-10-16(11-9-15)19-25(17(26)13-29-19)12-14-6-4-3-5-7-14/h3-11,19H,2,12-13H2,1H3,(H,22,23,27)/t19-/m0/s1. The first-order valence-electron chi connectivity index (χ1n) is 9.46. The minimum atomic E-state index is -0.220. The molecule has 1 aliphatic heterocycles. The van der Waals surface area contributed by atoms with Gasteiger partial charge in [-0.05, 0) is 29.0 Å². The Kier molecular flexibility index (Phi) is 6.71. The molecule has 0 saturated carbocycles. The van der Waals surface area contributed by atoms with Crippen LogP contribution in [0.15, 0.2) is 58.9 Å². The highest BCUT2D eigenvalue weighted by molar-refractivity contribution is 8.01. The first kappa shape index (κ1) is 20.9. The van der Waals surface area contributed by atoms with Crippen molar-refractivity contribution in [2.24, 2.45) is 0 Å². The van der Waals surface area contributed by atoms with Crippen LogP contribution < -0.4 is 5.32 Å². The van der Waals surface area contributed by atoms with Crippen molar-refractivity contribution in [1.29, 1.82) is 0 Å². The number of carbonyl (C=O) groups excluding carboxylic acids is 2. The summed E-state index contributed by atoms with van der Waals surface area (Å²) < 4.78 is 0.838. The average molecular weight is 457 g/mol. The van der Waals surface area contributed by atoms with Crippen molar-refractivity contribution in [3.05, 3.63) is 71.3 Å². The molecule has 0 bridgehead atoms. The molecule has 1 N–H and O–H groups in total. The van der Waals surface area contributed by atoms with Gasteiger partial charge in [-0.2, -0.15) is 0 Å². The Morgan fingerprint density at radius 2 is 1.93 bits per heavy atom. The number of hydrogen-bond donors (Lipinski definition) is 1. The second-order valence-corrected chi connectivity index (χ2v) is 10.1. The summed E-state index contributed by atoms with van der Waals surface area (Å²) in [6.07, 6.45) is 0. The van der Waals surface area contributed by atoms with Gasteiger partial charge in [-0.1, -0.05) is 72.5 Å². The van der Waals surface area contributed by atoms with Gasteiger partial charge in [-0.15, -0.1) is 22.0 Å². The van der Waals surface area contributed by atoms with Gasteiger partial charge in [-0.3, -0.25) is 14.9 Å². The Morgan fingerprint density at radius 1 is 1.17 bits per heavy atom. The number of rotatable bonds is 7. The van der Waals surface area contributed by atoms with E-state index in [4.69, 9.17) is 0 Å². The first-order chi connectivity index (χ1) is 14.6. The lowest BCUT2D eigenvalue weighted by Crippen LogP contribution is -2.27. The van der Waals surface area contributed by atoms with E-state index >= 15 is 0 Å². The molecule has 1 saturated heterocycles.